The molecule has 7 rings (SSSR count). The van der Waals surface area contributed by atoms with Crippen LogP contribution in [0.5, 0.6) is 5.75 Å². The molecule has 5 N–H and O–H groups in total. The summed E-state index contributed by atoms with van der Waals surface area (Å²) in [6.45, 7) is 7.95. The number of carbonyl (C=O) groups is 4. The van der Waals surface area contributed by atoms with E-state index in [1.807, 2.05) is 75.5 Å². The van der Waals surface area contributed by atoms with E-state index in [4.69, 9.17) is 26.1 Å². The Hall–Kier alpha value is -5.53. The van der Waals surface area contributed by atoms with E-state index in [-0.39, 0.29) is 61.4 Å². The summed E-state index contributed by atoms with van der Waals surface area (Å²) < 4.78 is 26.5. The van der Waals surface area contributed by atoms with Crippen molar-refractivity contribution in [3.8, 4) is 16.2 Å². The number of halogens is 2. The standard InChI is InChI=1S/C50H60ClFN8O7S2/c1-31-43(69-30-56-31)33-15-13-32(14-16-33)27-55-45(63)38-25-35(61)28-60(38)46(64)44(49(2,3)4)59-41(62)29-66-23-6-5-21-53-47(65)50(26-34-9-7-12-40(57-34)58-48-54-22-24-68-48)19-17-36(18-20-50)67-39-11-8-10-37(51)42(39)52/h7-16,22,24,30,35-36,38,44,61H,5-6,17-21,23,25-29H2,1-4H3,(H,53,65)(H,55,63)(H,59,62)(H,54,57,58)/t35-,36?,38+,44-,50?/m1/s1. The maximum Gasteiger partial charge on any atom is 0.246 e. The van der Waals surface area contributed by atoms with Crippen LogP contribution in [0.1, 0.15) is 82.7 Å². The fraction of sp³-hybridized carbons (Fsp3) is 0.460. The molecule has 0 spiro atoms. The molecule has 368 valence electrons. The van der Waals surface area contributed by atoms with Crippen LogP contribution in [0.2, 0.25) is 5.02 Å². The summed E-state index contributed by atoms with van der Waals surface area (Å²) in [4.78, 5) is 70.8. The number of aryl methyl sites for hydroxylation is 1. The molecular weight excluding hydrogens is 943 g/mol. The van der Waals surface area contributed by atoms with Crippen molar-refractivity contribution in [2.24, 2.45) is 10.8 Å². The number of thiazole rings is 2. The van der Waals surface area contributed by atoms with Crippen LogP contribution in [-0.2, 0) is 36.9 Å². The van der Waals surface area contributed by atoms with Gasteiger partial charge in [0.25, 0.3) is 0 Å². The molecule has 1 saturated heterocycles. The van der Waals surface area contributed by atoms with Crippen LogP contribution in [0, 0.1) is 23.6 Å². The second-order valence-corrected chi connectivity index (χ2v) is 20.9. The Bertz CT molecular complexity index is 2530. The number of anilines is 2. The first kappa shape index (κ1) is 51.3. The van der Waals surface area contributed by atoms with Gasteiger partial charge in [-0.1, -0.05) is 68.8 Å². The zero-order chi connectivity index (χ0) is 49.1. The third kappa shape index (κ3) is 13.6. The highest BCUT2D eigenvalue weighted by atomic mass is 35.5. The molecule has 1 aliphatic heterocycles. The van der Waals surface area contributed by atoms with Crippen molar-refractivity contribution in [1.29, 1.82) is 0 Å². The van der Waals surface area contributed by atoms with E-state index in [1.54, 1.807) is 35.2 Å². The first-order valence-corrected chi connectivity index (χ1v) is 25.4. The number of carbonyl (C=O) groups excluding carboxylic acids is 4. The lowest BCUT2D eigenvalue weighted by Crippen LogP contribution is -2.58. The monoisotopic (exact) mass is 1000 g/mol. The van der Waals surface area contributed by atoms with Gasteiger partial charge in [-0.05, 0) is 86.3 Å². The molecule has 69 heavy (non-hydrogen) atoms. The van der Waals surface area contributed by atoms with E-state index in [1.165, 1.54) is 22.3 Å². The lowest BCUT2D eigenvalue weighted by atomic mass is 9.69. The summed E-state index contributed by atoms with van der Waals surface area (Å²) >= 11 is 9.02. The minimum absolute atomic E-state index is 0.0151. The van der Waals surface area contributed by atoms with Crippen LogP contribution >= 0.6 is 34.3 Å². The zero-order valence-electron chi connectivity index (χ0n) is 39.3. The Kier molecular flexibility index (Phi) is 17.4. The maximum absolute atomic E-state index is 14.7. The average molecular weight is 1000 g/mol. The van der Waals surface area contributed by atoms with Gasteiger partial charge in [-0.25, -0.2) is 19.3 Å². The number of unbranched alkanes of at least 4 members (excludes halogenated alkanes) is 1. The molecule has 3 atom stereocenters. The lowest BCUT2D eigenvalue weighted by Gasteiger charge is -2.39. The van der Waals surface area contributed by atoms with Gasteiger partial charge < -0.3 is 40.7 Å². The highest BCUT2D eigenvalue weighted by Crippen LogP contribution is 2.41. The van der Waals surface area contributed by atoms with E-state index in [0.717, 1.165) is 27.4 Å². The van der Waals surface area contributed by atoms with E-state index in [9.17, 15) is 28.7 Å². The molecule has 2 aromatic carbocycles. The molecule has 1 saturated carbocycles. The van der Waals surface area contributed by atoms with E-state index >= 15 is 0 Å². The number of pyridine rings is 1. The Morgan fingerprint density at radius 1 is 1.00 bits per heavy atom. The van der Waals surface area contributed by atoms with Crippen LogP contribution in [0.25, 0.3) is 10.4 Å². The van der Waals surface area contributed by atoms with Gasteiger partial charge in [-0.15, -0.1) is 22.7 Å². The number of amides is 4. The molecule has 0 radical (unpaired) electrons. The molecular formula is C50H60ClFN8O7S2. The Morgan fingerprint density at radius 3 is 2.48 bits per heavy atom. The molecule has 19 heteroatoms. The highest BCUT2D eigenvalue weighted by molar-refractivity contribution is 7.13. The summed E-state index contributed by atoms with van der Waals surface area (Å²) in [7, 11) is 0. The minimum atomic E-state index is -0.994. The van der Waals surface area contributed by atoms with Gasteiger partial charge in [-0.3, -0.25) is 19.2 Å². The predicted molar refractivity (Wildman–Crippen MR) is 265 cm³/mol. The number of benzene rings is 2. The first-order valence-electron chi connectivity index (χ1n) is 23.2. The molecule has 15 nitrogen and oxygen atoms in total. The topological polar surface area (TPSA) is 197 Å². The molecule has 4 heterocycles. The van der Waals surface area contributed by atoms with Crippen LogP contribution < -0.4 is 26.0 Å². The molecule has 2 fully saturated rings. The number of ether oxygens (including phenoxy) is 2. The van der Waals surface area contributed by atoms with Crippen molar-refractivity contribution in [2.75, 3.05) is 31.6 Å². The largest absolute Gasteiger partial charge is 0.487 e. The number of aliphatic hydroxyl groups is 1. The Labute approximate surface area is 415 Å². The molecule has 4 amide bonds. The van der Waals surface area contributed by atoms with E-state index in [0.29, 0.717) is 62.4 Å². The summed E-state index contributed by atoms with van der Waals surface area (Å²) in [5, 5.41) is 25.3. The number of β-amino-alcohol motifs (C(OH)–C–C–N with tert-alkyl or cyclic N) is 1. The molecule has 0 bridgehead atoms. The third-order valence-corrected chi connectivity index (χ3v) is 14.5. The second kappa shape index (κ2) is 23.4. The van der Waals surface area contributed by atoms with Crippen molar-refractivity contribution in [2.45, 2.75) is 110 Å². The summed E-state index contributed by atoms with van der Waals surface area (Å²) in [5.41, 5.74) is 3.91. The van der Waals surface area contributed by atoms with Crippen molar-refractivity contribution in [3.05, 3.63) is 106 Å². The van der Waals surface area contributed by atoms with Crippen molar-refractivity contribution >= 4 is 68.9 Å². The number of likely N-dealkylation sites (tertiary alicyclic amines) is 1. The quantitative estimate of drug-likeness (QED) is 0.0478. The van der Waals surface area contributed by atoms with Gasteiger partial charge in [0.05, 0.1) is 38.7 Å². The predicted octanol–water partition coefficient (Wildman–Crippen LogP) is 7.78. The number of hydrogen-bond donors (Lipinski definition) is 5. The lowest BCUT2D eigenvalue weighted by molar-refractivity contribution is -0.144. The number of rotatable bonds is 20. The third-order valence-electron chi connectivity index (χ3n) is 12.5. The van der Waals surface area contributed by atoms with Crippen LogP contribution in [0.4, 0.5) is 15.3 Å². The minimum Gasteiger partial charge on any atom is -0.487 e. The van der Waals surface area contributed by atoms with Crippen LogP contribution in [-0.4, -0.2) is 99.2 Å². The van der Waals surface area contributed by atoms with Gasteiger partial charge in [0.15, 0.2) is 16.7 Å². The molecule has 1 aliphatic carbocycles. The van der Waals surface area contributed by atoms with Gasteiger partial charge in [0.1, 0.15) is 24.5 Å². The van der Waals surface area contributed by atoms with Crippen molar-refractivity contribution in [1.82, 2.24) is 35.8 Å². The second-order valence-electron chi connectivity index (χ2n) is 18.8. The van der Waals surface area contributed by atoms with Gasteiger partial charge >= 0.3 is 0 Å². The van der Waals surface area contributed by atoms with Crippen LogP contribution in [0.3, 0.4) is 0 Å². The Morgan fingerprint density at radius 2 is 1.77 bits per heavy atom. The highest BCUT2D eigenvalue weighted by Gasteiger charge is 2.45. The first-order chi connectivity index (χ1) is 33.1. The van der Waals surface area contributed by atoms with Gasteiger partial charge in [0.2, 0.25) is 23.6 Å². The number of nitrogens with one attached hydrogen (secondary N) is 4. The summed E-state index contributed by atoms with van der Waals surface area (Å²) in [6, 6.07) is 16.2. The van der Waals surface area contributed by atoms with Crippen molar-refractivity contribution in [3.63, 3.8) is 0 Å². The maximum atomic E-state index is 14.7. The average Bonchev–Trinajstić information content (AvgIpc) is 4.10. The summed E-state index contributed by atoms with van der Waals surface area (Å²) in [5.74, 6) is -1.34. The van der Waals surface area contributed by atoms with E-state index < -0.39 is 46.6 Å². The van der Waals surface area contributed by atoms with Gasteiger partial charge in [-0.2, -0.15) is 0 Å². The Balaban J connectivity index is 0.873. The molecule has 3 aromatic heterocycles. The molecule has 2 aliphatic rings. The normalized spacial score (nSPS) is 19.7. The van der Waals surface area contributed by atoms with Crippen molar-refractivity contribution < 1.29 is 38.1 Å². The van der Waals surface area contributed by atoms with Gasteiger partial charge in [0, 0.05) is 56.4 Å². The van der Waals surface area contributed by atoms with Crippen LogP contribution in [0.15, 0.2) is 77.8 Å². The fourth-order valence-corrected chi connectivity index (χ4v) is 10.3. The fourth-order valence-electron chi connectivity index (χ4n) is 8.76. The number of aliphatic hydroxyl groups excluding tert-OH is 1. The number of aromatic nitrogens is 3. The number of hydrogen-bond acceptors (Lipinski definition) is 13. The summed E-state index contributed by atoms with van der Waals surface area (Å²) in [6.07, 6.45) is 4.13. The molecule has 0 unspecified atom stereocenters. The number of nitrogens with zero attached hydrogens (tertiary/aromatic N) is 4. The smallest absolute Gasteiger partial charge is 0.246 e. The van der Waals surface area contributed by atoms with E-state index in [2.05, 4.69) is 31.2 Å². The SMILES string of the molecule is Cc1ncsc1-c1ccc(CNC(=O)[C@@H]2C[C@@H](O)CN2C(=O)[C@@H](NC(=O)COCCCCNC(=O)C2(Cc3cccc(Nc4nccs4)n3)CCC(Oc3cccc(Cl)c3F)CC2)C(C)(C)C)cc1. The zero-order valence-corrected chi connectivity index (χ0v) is 41.7. The molecule has 5 aromatic rings.